The average Bonchev–Trinajstić information content (AvgIpc) is 2.66. The summed E-state index contributed by atoms with van der Waals surface area (Å²) in [5.74, 6) is 0.588. The molecule has 1 unspecified atom stereocenters. The number of nitrogens with zero attached hydrogens (tertiary/aromatic N) is 1. The van der Waals surface area contributed by atoms with Gasteiger partial charge in [0.2, 0.25) is 0 Å². The number of aryl methyl sites for hydroxylation is 1. The molecule has 1 heterocycles. The molecular weight excluding hydrogens is 245 g/mol. The number of hydrogen-bond donors (Lipinski definition) is 2. The van der Waals surface area contributed by atoms with Crippen LogP contribution >= 0.6 is 0 Å². The molecule has 2 aromatic rings. The van der Waals surface area contributed by atoms with Crippen LogP contribution in [0.25, 0.3) is 11.0 Å². The number of H-pyrrole nitrogens is 1. The topological polar surface area (TPSA) is 48.9 Å². The first-order valence-corrected chi connectivity index (χ1v) is 5.60. The highest BCUT2D eigenvalue weighted by Crippen LogP contribution is 2.30. The van der Waals surface area contributed by atoms with Gasteiger partial charge in [-0.25, -0.2) is 4.98 Å². The van der Waals surface area contributed by atoms with E-state index in [9.17, 15) is 13.2 Å². The van der Waals surface area contributed by atoms with E-state index in [2.05, 4.69) is 9.97 Å². The van der Waals surface area contributed by atoms with Crippen molar-refractivity contribution >= 4 is 11.0 Å². The summed E-state index contributed by atoms with van der Waals surface area (Å²) < 4.78 is 37.5. The van der Waals surface area contributed by atoms with Crippen LogP contribution in [0, 0.1) is 0 Å². The Kier molecular flexibility index (Phi) is 3.30. The third kappa shape index (κ3) is 2.81. The summed E-state index contributed by atoms with van der Waals surface area (Å²) in [4.78, 5) is 7.02. The number of aromatic amines is 1. The number of alkyl halides is 3. The smallest absolute Gasteiger partial charge is 0.393 e. The van der Waals surface area contributed by atoms with Crippen LogP contribution in [0.4, 0.5) is 13.2 Å². The Balaban J connectivity index is 2.28. The van der Waals surface area contributed by atoms with Gasteiger partial charge in [-0.05, 0) is 31.5 Å². The molecule has 0 saturated heterocycles. The zero-order valence-electron chi connectivity index (χ0n) is 9.75. The van der Waals surface area contributed by atoms with Gasteiger partial charge in [0.15, 0.2) is 0 Å². The summed E-state index contributed by atoms with van der Waals surface area (Å²) in [5.41, 5.74) is 0.176. The Labute approximate surface area is 102 Å². The lowest BCUT2D eigenvalue weighted by molar-refractivity contribution is -0.137. The van der Waals surface area contributed by atoms with Gasteiger partial charge >= 0.3 is 6.18 Å². The van der Waals surface area contributed by atoms with Gasteiger partial charge in [0.1, 0.15) is 5.82 Å². The highest BCUT2D eigenvalue weighted by atomic mass is 19.4. The van der Waals surface area contributed by atoms with Gasteiger partial charge in [-0.3, -0.25) is 0 Å². The van der Waals surface area contributed by atoms with Crippen molar-refractivity contribution < 1.29 is 18.3 Å². The molecule has 0 aliphatic heterocycles. The van der Waals surface area contributed by atoms with E-state index in [0.29, 0.717) is 29.7 Å². The number of halogens is 3. The second-order valence-corrected chi connectivity index (χ2v) is 4.30. The molecule has 1 aromatic heterocycles. The molecule has 0 bridgehead atoms. The number of benzene rings is 1. The lowest BCUT2D eigenvalue weighted by Crippen LogP contribution is -2.04. The van der Waals surface area contributed by atoms with Crippen LogP contribution < -0.4 is 0 Å². The van der Waals surface area contributed by atoms with E-state index in [1.807, 2.05) is 0 Å². The zero-order valence-corrected chi connectivity index (χ0v) is 9.75. The number of aliphatic hydroxyl groups excluding tert-OH is 1. The van der Waals surface area contributed by atoms with Gasteiger partial charge in [-0.1, -0.05) is 0 Å². The highest BCUT2D eigenvalue weighted by Gasteiger charge is 2.30. The van der Waals surface area contributed by atoms with Crippen LogP contribution in [-0.4, -0.2) is 21.2 Å². The maximum Gasteiger partial charge on any atom is 0.416 e. The third-order valence-corrected chi connectivity index (χ3v) is 2.66. The Morgan fingerprint density at radius 1 is 1.39 bits per heavy atom. The van der Waals surface area contributed by atoms with E-state index < -0.39 is 17.8 Å². The fourth-order valence-electron chi connectivity index (χ4n) is 1.70. The molecule has 6 heteroatoms. The maximum atomic E-state index is 12.5. The van der Waals surface area contributed by atoms with Crippen LogP contribution in [0.3, 0.4) is 0 Å². The Bertz CT molecular complexity index is 546. The summed E-state index contributed by atoms with van der Waals surface area (Å²) in [6.07, 6.45) is -3.78. The van der Waals surface area contributed by atoms with E-state index in [1.54, 1.807) is 6.92 Å². The average molecular weight is 258 g/mol. The fourth-order valence-corrected chi connectivity index (χ4v) is 1.70. The molecule has 1 atom stereocenters. The summed E-state index contributed by atoms with van der Waals surface area (Å²) in [7, 11) is 0. The first-order valence-electron chi connectivity index (χ1n) is 5.60. The summed E-state index contributed by atoms with van der Waals surface area (Å²) in [5, 5.41) is 9.15. The van der Waals surface area contributed by atoms with Gasteiger partial charge < -0.3 is 10.1 Å². The molecule has 2 rings (SSSR count). The van der Waals surface area contributed by atoms with Crippen LogP contribution in [-0.2, 0) is 12.6 Å². The number of rotatable bonds is 3. The second kappa shape index (κ2) is 4.61. The molecule has 18 heavy (non-hydrogen) atoms. The standard InChI is InChI=1S/C12H13F3N2O/c1-7(18)2-5-11-16-9-4-3-8(12(13,14)15)6-10(9)17-11/h3-4,6-7,18H,2,5H2,1H3,(H,16,17). The quantitative estimate of drug-likeness (QED) is 0.889. The van der Waals surface area contributed by atoms with Gasteiger partial charge in [-0.15, -0.1) is 0 Å². The lowest BCUT2D eigenvalue weighted by atomic mass is 10.2. The summed E-state index contributed by atoms with van der Waals surface area (Å²) >= 11 is 0. The van der Waals surface area contributed by atoms with Crippen LogP contribution in [0.15, 0.2) is 18.2 Å². The first kappa shape index (κ1) is 12.9. The molecule has 0 aliphatic carbocycles. The van der Waals surface area contributed by atoms with E-state index in [-0.39, 0.29) is 0 Å². The van der Waals surface area contributed by atoms with Crippen molar-refractivity contribution in [3.63, 3.8) is 0 Å². The van der Waals surface area contributed by atoms with E-state index >= 15 is 0 Å². The number of aromatic nitrogens is 2. The van der Waals surface area contributed by atoms with Gasteiger partial charge in [0, 0.05) is 6.42 Å². The van der Waals surface area contributed by atoms with Crippen molar-refractivity contribution in [3.05, 3.63) is 29.6 Å². The molecular formula is C12H13F3N2O. The Morgan fingerprint density at radius 3 is 2.72 bits per heavy atom. The maximum absolute atomic E-state index is 12.5. The summed E-state index contributed by atoms with van der Waals surface area (Å²) in [6, 6.07) is 3.41. The van der Waals surface area contributed by atoms with Crippen molar-refractivity contribution in [2.75, 3.05) is 0 Å². The predicted molar refractivity (Wildman–Crippen MR) is 61.1 cm³/mol. The molecule has 0 fully saturated rings. The van der Waals surface area contributed by atoms with Gasteiger partial charge in [-0.2, -0.15) is 13.2 Å². The molecule has 0 aliphatic rings. The molecule has 0 spiro atoms. The first-order chi connectivity index (χ1) is 8.36. The minimum absolute atomic E-state index is 0.366. The largest absolute Gasteiger partial charge is 0.416 e. The molecule has 2 N–H and O–H groups in total. The number of hydrogen-bond acceptors (Lipinski definition) is 2. The van der Waals surface area contributed by atoms with Crippen molar-refractivity contribution in [3.8, 4) is 0 Å². The number of aliphatic hydroxyl groups is 1. The zero-order chi connectivity index (χ0) is 13.3. The molecule has 98 valence electrons. The Hall–Kier alpha value is -1.56. The van der Waals surface area contributed by atoms with Crippen molar-refractivity contribution in [2.45, 2.75) is 32.0 Å². The lowest BCUT2D eigenvalue weighted by Gasteiger charge is -2.05. The van der Waals surface area contributed by atoms with E-state index in [4.69, 9.17) is 5.11 Å². The number of fused-ring (bicyclic) bond motifs is 1. The van der Waals surface area contributed by atoms with Crippen LogP contribution in [0.1, 0.15) is 24.7 Å². The summed E-state index contributed by atoms with van der Waals surface area (Å²) in [6.45, 7) is 1.66. The molecule has 0 amide bonds. The number of imidazole rings is 1. The van der Waals surface area contributed by atoms with E-state index in [0.717, 1.165) is 12.1 Å². The second-order valence-electron chi connectivity index (χ2n) is 4.30. The van der Waals surface area contributed by atoms with Crippen LogP contribution in [0.5, 0.6) is 0 Å². The Morgan fingerprint density at radius 2 is 2.11 bits per heavy atom. The van der Waals surface area contributed by atoms with Gasteiger partial charge in [0.05, 0.1) is 22.7 Å². The predicted octanol–water partition coefficient (Wildman–Crippen LogP) is 2.90. The highest BCUT2D eigenvalue weighted by molar-refractivity contribution is 5.76. The van der Waals surface area contributed by atoms with Crippen molar-refractivity contribution in [2.24, 2.45) is 0 Å². The third-order valence-electron chi connectivity index (χ3n) is 2.66. The SMILES string of the molecule is CC(O)CCc1nc2ccc(C(F)(F)F)cc2[nH]1. The van der Waals surface area contributed by atoms with E-state index in [1.165, 1.54) is 6.07 Å². The molecule has 3 nitrogen and oxygen atoms in total. The minimum Gasteiger partial charge on any atom is -0.393 e. The number of nitrogens with one attached hydrogen (secondary N) is 1. The minimum atomic E-state index is -4.35. The van der Waals surface area contributed by atoms with Gasteiger partial charge in [0.25, 0.3) is 0 Å². The monoisotopic (exact) mass is 258 g/mol. The molecule has 0 saturated carbocycles. The fraction of sp³-hybridized carbons (Fsp3) is 0.417. The molecule has 1 aromatic carbocycles. The normalized spacial score (nSPS) is 14.1. The van der Waals surface area contributed by atoms with Crippen LogP contribution in [0.2, 0.25) is 0 Å². The molecule has 0 radical (unpaired) electrons. The van der Waals surface area contributed by atoms with Crippen molar-refractivity contribution in [1.82, 2.24) is 9.97 Å². The van der Waals surface area contributed by atoms with Crippen molar-refractivity contribution in [1.29, 1.82) is 0 Å².